The quantitative estimate of drug-likeness (QED) is 0.785. The third-order valence-corrected chi connectivity index (χ3v) is 3.90. The monoisotopic (exact) mass is 227 g/mol. The number of aliphatic carboxylic acids is 1. The van der Waals surface area contributed by atoms with E-state index in [0.29, 0.717) is 5.92 Å². The summed E-state index contributed by atoms with van der Waals surface area (Å²) in [6.45, 7) is 7.42. The lowest BCUT2D eigenvalue weighted by atomic mass is 9.87. The summed E-state index contributed by atoms with van der Waals surface area (Å²) in [5, 5.41) is 9.23. The summed E-state index contributed by atoms with van der Waals surface area (Å²) in [7, 11) is 0. The fourth-order valence-electron chi connectivity index (χ4n) is 2.57. The van der Waals surface area contributed by atoms with Gasteiger partial charge in [-0.15, -0.1) is 0 Å². The van der Waals surface area contributed by atoms with Crippen LogP contribution in [0, 0.1) is 5.92 Å². The second kappa shape index (κ2) is 5.67. The van der Waals surface area contributed by atoms with Crippen LogP contribution >= 0.6 is 0 Å². The zero-order valence-electron chi connectivity index (χ0n) is 10.8. The van der Waals surface area contributed by atoms with Crippen LogP contribution in [0.5, 0.6) is 0 Å². The molecule has 0 aliphatic heterocycles. The Balaban J connectivity index is 2.56. The predicted molar refractivity (Wildman–Crippen MR) is 65.5 cm³/mol. The van der Waals surface area contributed by atoms with Gasteiger partial charge in [-0.1, -0.05) is 26.2 Å². The van der Waals surface area contributed by atoms with Crippen LogP contribution in [0.3, 0.4) is 0 Å². The van der Waals surface area contributed by atoms with Crippen molar-refractivity contribution in [2.45, 2.75) is 58.4 Å². The Kier molecular flexibility index (Phi) is 4.78. The first-order chi connectivity index (χ1) is 7.48. The molecule has 0 amide bonds. The zero-order chi connectivity index (χ0) is 12.2. The highest BCUT2D eigenvalue weighted by Crippen LogP contribution is 2.26. The normalized spacial score (nSPS) is 19.0. The van der Waals surface area contributed by atoms with Crippen LogP contribution in [0.2, 0.25) is 0 Å². The summed E-state index contributed by atoms with van der Waals surface area (Å²) in [5.41, 5.74) is -0.730. The van der Waals surface area contributed by atoms with Crippen LogP contribution in [0.25, 0.3) is 0 Å². The van der Waals surface area contributed by atoms with Crippen molar-refractivity contribution in [1.82, 2.24) is 4.90 Å². The van der Waals surface area contributed by atoms with E-state index in [4.69, 9.17) is 0 Å². The molecule has 1 aliphatic carbocycles. The Labute approximate surface area is 98.8 Å². The highest BCUT2D eigenvalue weighted by molar-refractivity contribution is 5.77. The van der Waals surface area contributed by atoms with Gasteiger partial charge in [0.05, 0.1) is 0 Å². The van der Waals surface area contributed by atoms with Crippen LogP contribution in [-0.2, 0) is 4.79 Å². The van der Waals surface area contributed by atoms with Gasteiger partial charge in [-0.25, -0.2) is 0 Å². The van der Waals surface area contributed by atoms with E-state index >= 15 is 0 Å². The van der Waals surface area contributed by atoms with Crippen LogP contribution in [0.1, 0.15) is 52.9 Å². The molecule has 94 valence electrons. The Bertz CT molecular complexity index is 232. The van der Waals surface area contributed by atoms with Crippen molar-refractivity contribution in [3.8, 4) is 0 Å². The van der Waals surface area contributed by atoms with Crippen LogP contribution in [0.15, 0.2) is 0 Å². The van der Waals surface area contributed by atoms with Crippen molar-refractivity contribution >= 4 is 5.97 Å². The molecule has 0 bridgehead atoms. The molecular weight excluding hydrogens is 202 g/mol. The van der Waals surface area contributed by atoms with E-state index in [0.717, 1.165) is 13.1 Å². The standard InChI is InChI=1S/C13H25NO2/c1-4-14(13(2,3)12(15)16)10-11-8-6-5-7-9-11/h11H,4-10H2,1-3H3,(H,15,16). The van der Waals surface area contributed by atoms with E-state index in [-0.39, 0.29) is 0 Å². The van der Waals surface area contributed by atoms with E-state index in [1.165, 1.54) is 32.1 Å². The topological polar surface area (TPSA) is 40.5 Å². The SMILES string of the molecule is CCN(CC1CCCCC1)C(C)(C)C(=O)O. The summed E-state index contributed by atoms with van der Waals surface area (Å²) in [6, 6.07) is 0. The molecule has 1 saturated carbocycles. The third-order valence-electron chi connectivity index (χ3n) is 3.90. The Morgan fingerprint density at radius 2 is 1.88 bits per heavy atom. The molecule has 16 heavy (non-hydrogen) atoms. The summed E-state index contributed by atoms with van der Waals surface area (Å²) < 4.78 is 0. The number of carbonyl (C=O) groups is 1. The van der Waals surface area contributed by atoms with Crippen molar-refractivity contribution in [2.75, 3.05) is 13.1 Å². The predicted octanol–water partition coefficient (Wildman–Crippen LogP) is 2.75. The minimum absolute atomic E-state index is 0.701. The molecule has 0 heterocycles. The highest BCUT2D eigenvalue weighted by atomic mass is 16.4. The largest absolute Gasteiger partial charge is 0.480 e. The van der Waals surface area contributed by atoms with Crippen molar-refractivity contribution in [3.05, 3.63) is 0 Å². The number of hydrogen-bond acceptors (Lipinski definition) is 2. The second-order valence-corrected chi connectivity index (χ2v) is 5.41. The fraction of sp³-hybridized carbons (Fsp3) is 0.923. The number of carboxylic acids is 1. The zero-order valence-corrected chi connectivity index (χ0v) is 10.8. The number of carboxylic acid groups (broad SMARTS) is 1. The van der Waals surface area contributed by atoms with Crippen LogP contribution in [-0.4, -0.2) is 34.6 Å². The molecule has 3 heteroatoms. The molecular formula is C13H25NO2. The van der Waals surface area contributed by atoms with Gasteiger partial charge < -0.3 is 5.11 Å². The molecule has 0 saturated heterocycles. The van der Waals surface area contributed by atoms with Gasteiger partial charge in [0.25, 0.3) is 0 Å². The third kappa shape index (κ3) is 3.21. The van der Waals surface area contributed by atoms with E-state index in [1.807, 2.05) is 20.8 Å². The molecule has 0 spiro atoms. The molecule has 0 unspecified atom stereocenters. The molecule has 1 aliphatic rings. The van der Waals surface area contributed by atoms with Crippen molar-refractivity contribution in [1.29, 1.82) is 0 Å². The number of nitrogens with zero attached hydrogens (tertiary/aromatic N) is 1. The maximum atomic E-state index is 11.2. The first kappa shape index (κ1) is 13.5. The molecule has 3 nitrogen and oxygen atoms in total. The van der Waals surface area contributed by atoms with E-state index in [2.05, 4.69) is 4.90 Å². The summed E-state index contributed by atoms with van der Waals surface area (Å²) in [5.74, 6) is -0.0162. The van der Waals surface area contributed by atoms with E-state index in [1.54, 1.807) is 0 Å². The molecule has 1 fully saturated rings. The van der Waals surface area contributed by atoms with Gasteiger partial charge >= 0.3 is 5.97 Å². The lowest BCUT2D eigenvalue weighted by molar-refractivity contribution is -0.149. The summed E-state index contributed by atoms with van der Waals surface area (Å²) >= 11 is 0. The van der Waals surface area contributed by atoms with Crippen molar-refractivity contribution in [2.24, 2.45) is 5.92 Å². The fourth-order valence-corrected chi connectivity index (χ4v) is 2.57. The lowest BCUT2D eigenvalue weighted by Crippen LogP contribution is -2.51. The highest BCUT2D eigenvalue weighted by Gasteiger charge is 2.34. The summed E-state index contributed by atoms with van der Waals surface area (Å²) in [4.78, 5) is 13.3. The lowest BCUT2D eigenvalue weighted by Gasteiger charge is -2.37. The Morgan fingerprint density at radius 1 is 1.31 bits per heavy atom. The van der Waals surface area contributed by atoms with Crippen LogP contribution < -0.4 is 0 Å². The van der Waals surface area contributed by atoms with Gasteiger partial charge in [0.1, 0.15) is 5.54 Å². The minimum atomic E-state index is -0.730. The number of likely N-dealkylation sites (N-methyl/N-ethyl adjacent to an activating group) is 1. The first-order valence-corrected chi connectivity index (χ1v) is 6.47. The van der Waals surface area contributed by atoms with Gasteiger partial charge in [0, 0.05) is 6.54 Å². The summed E-state index contributed by atoms with van der Waals surface area (Å²) in [6.07, 6.45) is 6.52. The molecule has 0 aromatic heterocycles. The van der Waals surface area contributed by atoms with E-state index in [9.17, 15) is 9.90 Å². The second-order valence-electron chi connectivity index (χ2n) is 5.41. The van der Waals surface area contributed by atoms with Crippen molar-refractivity contribution < 1.29 is 9.90 Å². The molecule has 0 radical (unpaired) electrons. The maximum absolute atomic E-state index is 11.2. The molecule has 0 aromatic carbocycles. The van der Waals surface area contributed by atoms with Gasteiger partial charge in [-0.2, -0.15) is 0 Å². The molecule has 0 atom stereocenters. The van der Waals surface area contributed by atoms with Crippen LogP contribution in [0.4, 0.5) is 0 Å². The van der Waals surface area contributed by atoms with Crippen molar-refractivity contribution in [3.63, 3.8) is 0 Å². The van der Waals surface area contributed by atoms with Gasteiger partial charge in [0.2, 0.25) is 0 Å². The number of hydrogen-bond donors (Lipinski definition) is 1. The Hall–Kier alpha value is -0.570. The molecule has 1 N–H and O–H groups in total. The van der Waals surface area contributed by atoms with E-state index < -0.39 is 11.5 Å². The molecule has 0 aromatic rings. The van der Waals surface area contributed by atoms with Gasteiger partial charge in [0.15, 0.2) is 0 Å². The first-order valence-electron chi connectivity index (χ1n) is 6.47. The average Bonchev–Trinajstić information content (AvgIpc) is 2.26. The average molecular weight is 227 g/mol. The minimum Gasteiger partial charge on any atom is -0.480 e. The smallest absolute Gasteiger partial charge is 0.323 e. The Morgan fingerprint density at radius 3 is 2.31 bits per heavy atom. The molecule has 1 rings (SSSR count). The maximum Gasteiger partial charge on any atom is 0.323 e. The van der Waals surface area contributed by atoms with Gasteiger partial charge in [-0.3, -0.25) is 9.69 Å². The van der Waals surface area contributed by atoms with Gasteiger partial charge in [-0.05, 0) is 39.2 Å². The number of rotatable bonds is 5.